The third-order valence-electron chi connectivity index (χ3n) is 2.69. The van der Waals surface area contributed by atoms with E-state index in [1.54, 1.807) is 18.5 Å². The number of rotatable bonds is 3. The van der Waals surface area contributed by atoms with Crippen LogP contribution in [0.5, 0.6) is 0 Å². The van der Waals surface area contributed by atoms with Crippen molar-refractivity contribution in [2.24, 2.45) is 5.73 Å². The molecule has 1 aromatic heterocycles. The Balaban J connectivity index is 2.09. The van der Waals surface area contributed by atoms with Gasteiger partial charge in [0.15, 0.2) is 0 Å². The number of nitrogens with two attached hydrogens (primary N) is 1. The Hall–Kier alpha value is -2.64. The van der Waals surface area contributed by atoms with Gasteiger partial charge in [-0.05, 0) is 11.6 Å². The monoisotopic (exact) mass is 265 g/mol. The highest BCUT2D eigenvalue weighted by Crippen LogP contribution is 2.06. The summed E-state index contributed by atoms with van der Waals surface area (Å²) in [6, 6.07) is 11.4. The Morgan fingerprint density at radius 1 is 1.25 bits per heavy atom. The molecule has 0 saturated carbocycles. The van der Waals surface area contributed by atoms with Gasteiger partial charge >= 0.3 is 0 Å². The van der Waals surface area contributed by atoms with Gasteiger partial charge in [0.1, 0.15) is 0 Å². The molecule has 0 aliphatic rings. The van der Waals surface area contributed by atoms with Gasteiger partial charge in [0.05, 0.1) is 17.7 Å². The predicted octanol–water partition coefficient (Wildman–Crippen LogP) is 1.32. The molecule has 2 rings (SSSR count). The Morgan fingerprint density at radius 3 is 2.80 bits per heavy atom. The molecule has 0 bridgehead atoms. The lowest BCUT2D eigenvalue weighted by Crippen LogP contribution is -2.23. The van der Waals surface area contributed by atoms with E-state index in [1.807, 2.05) is 30.3 Å². The Kier molecular flexibility index (Phi) is 4.87. The molecule has 0 aliphatic carbocycles. The Morgan fingerprint density at radius 2 is 2.05 bits per heavy atom. The third kappa shape index (κ3) is 3.67. The summed E-state index contributed by atoms with van der Waals surface area (Å²) in [4.78, 5) is 16.1. The second-order valence-corrected chi connectivity index (χ2v) is 4.10. The van der Waals surface area contributed by atoms with E-state index in [1.165, 1.54) is 0 Å². The summed E-state index contributed by atoms with van der Waals surface area (Å²) in [5.74, 6) is 5.42. The van der Waals surface area contributed by atoms with Crippen LogP contribution in [-0.2, 0) is 6.54 Å². The highest BCUT2D eigenvalue weighted by Gasteiger charge is 2.09. The fourth-order valence-corrected chi connectivity index (χ4v) is 1.71. The summed E-state index contributed by atoms with van der Waals surface area (Å²) in [5, 5.41) is 2.87. The lowest BCUT2D eigenvalue weighted by Gasteiger charge is -2.06. The van der Waals surface area contributed by atoms with Gasteiger partial charge in [0.2, 0.25) is 0 Å². The number of hydrogen-bond donors (Lipinski definition) is 2. The molecule has 1 aromatic carbocycles. The van der Waals surface area contributed by atoms with E-state index in [0.29, 0.717) is 17.7 Å². The number of carbonyl (C=O) groups is 1. The number of aromatic nitrogens is 1. The number of pyridine rings is 1. The average Bonchev–Trinajstić information content (AvgIpc) is 2.52. The average molecular weight is 265 g/mol. The topological polar surface area (TPSA) is 68.0 Å². The molecule has 0 aliphatic heterocycles. The minimum atomic E-state index is -0.169. The fourth-order valence-electron chi connectivity index (χ4n) is 1.71. The molecular formula is C16H15N3O. The van der Waals surface area contributed by atoms with Gasteiger partial charge < -0.3 is 11.1 Å². The van der Waals surface area contributed by atoms with Crippen molar-refractivity contribution in [1.82, 2.24) is 10.3 Å². The van der Waals surface area contributed by atoms with E-state index in [4.69, 9.17) is 5.73 Å². The molecule has 1 amide bonds. The van der Waals surface area contributed by atoms with Gasteiger partial charge in [0.25, 0.3) is 5.91 Å². The van der Waals surface area contributed by atoms with E-state index >= 15 is 0 Å². The van der Waals surface area contributed by atoms with Gasteiger partial charge in [0, 0.05) is 18.9 Å². The van der Waals surface area contributed by atoms with Crippen molar-refractivity contribution in [1.29, 1.82) is 0 Å². The highest BCUT2D eigenvalue weighted by atomic mass is 16.1. The normalized spacial score (nSPS) is 9.45. The number of benzene rings is 1. The smallest absolute Gasteiger partial charge is 0.252 e. The first-order valence-electron chi connectivity index (χ1n) is 6.26. The maximum absolute atomic E-state index is 12.2. The predicted molar refractivity (Wildman–Crippen MR) is 77.8 cm³/mol. The first-order valence-corrected chi connectivity index (χ1v) is 6.26. The standard InChI is InChI=1S/C16H15N3O/c17-9-4-7-14-12-18-10-8-15(14)16(20)19-11-13-5-2-1-3-6-13/h1-3,5-6,8,10,12H,9,11,17H2,(H,19,20). The minimum absolute atomic E-state index is 0.169. The van der Waals surface area contributed by atoms with E-state index in [-0.39, 0.29) is 12.5 Å². The number of hydrogen-bond acceptors (Lipinski definition) is 3. The van der Waals surface area contributed by atoms with E-state index in [0.717, 1.165) is 5.56 Å². The highest BCUT2D eigenvalue weighted by molar-refractivity contribution is 5.96. The van der Waals surface area contributed by atoms with Crippen LogP contribution in [-0.4, -0.2) is 17.4 Å². The summed E-state index contributed by atoms with van der Waals surface area (Å²) in [7, 11) is 0. The molecular weight excluding hydrogens is 250 g/mol. The second kappa shape index (κ2) is 7.07. The van der Waals surface area contributed by atoms with Crippen LogP contribution < -0.4 is 11.1 Å². The molecule has 4 heteroatoms. The molecule has 0 atom stereocenters. The van der Waals surface area contributed by atoms with Crippen LogP contribution in [0.1, 0.15) is 21.5 Å². The quantitative estimate of drug-likeness (QED) is 0.822. The van der Waals surface area contributed by atoms with E-state index in [9.17, 15) is 4.79 Å². The molecule has 0 radical (unpaired) electrons. The van der Waals surface area contributed by atoms with E-state index < -0.39 is 0 Å². The Bertz CT molecular complexity index is 642. The second-order valence-electron chi connectivity index (χ2n) is 4.10. The molecule has 0 spiro atoms. The van der Waals surface area contributed by atoms with E-state index in [2.05, 4.69) is 22.1 Å². The van der Waals surface area contributed by atoms with Gasteiger partial charge in [-0.25, -0.2) is 0 Å². The lowest BCUT2D eigenvalue weighted by atomic mass is 10.1. The lowest BCUT2D eigenvalue weighted by molar-refractivity contribution is 0.0950. The molecule has 1 heterocycles. The molecule has 0 saturated heterocycles. The molecule has 100 valence electrons. The number of nitrogens with zero attached hydrogens (tertiary/aromatic N) is 1. The summed E-state index contributed by atoms with van der Waals surface area (Å²) in [6.07, 6.45) is 3.14. The van der Waals surface area contributed by atoms with Crippen LogP contribution in [0.3, 0.4) is 0 Å². The third-order valence-corrected chi connectivity index (χ3v) is 2.69. The summed E-state index contributed by atoms with van der Waals surface area (Å²) in [6.45, 7) is 0.728. The van der Waals surface area contributed by atoms with Crippen LogP contribution >= 0.6 is 0 Å². The van der Waals surface area contributed by atoms with Gasteiger partial charge in [-0.1, -0.05) is 42.2 Å². The maximum atomic E-state index is 12.2. The Labute approximate surface area is 118 Å². The molecule has 0 fully saturated rings. The van der Waals surface area contributed by atoms with Crippen LogP contribution in [0.25, 0.3) is 0 Å². The molecule has 0 unspecified atom stereocenters. The first-order chi connectivity index (χ1) is 9.81. The summed E-state index contributed by atoms with van der Waals surface area (Å²) >= 11 is 0. The van der Waals surface area contributed by atoms with Crippen molar-refractivity contribution >= 4 is 5.91 Å². The fraction of sp³-hybridized carbons (Fsp3) is 0.125. The molecule has 3 N–H and O–H groups in total. The SMILES string of the molecule is NCC#Cc1cnccc1C(=O)NCc1ccccc1. The summed E-state index contributed by atoms with van der Waals surface area (Å²) in [5.41, 5.74) is 7.49. The van der Waals surface area contributed by atoms with Crippen LogP contribution in [0.4, 0.5) is 0 Å². The zero-order valence-corrected chi connectivity index (χ0v) is 11.0. The van der Waals surface area contributed by atoms with Crippen molar-refractivity contribution in [2.45, 2.75) is 6.54 Å². The number of nitrogens with one attached hydrogen (secondary N) is 1. The zero-order valence-electron chi connectivity index (χ0n) is 11.0. The molecule has 2 aromatic rings. The van der Waals surface area contributed by atoms with Gasteiger partial charge in [-0.15, -0.1) is 0 Å². The van der Waals surface area contributed by atoms with Gasteiger partial charge in [-0.2, -0.15) is 0 Å². The largest absolute Gasteiger partial charge is 0.348 e. The summed E-state index contributed by atoms with van der Waals surface area (Å²) < 4.78 is 0. The van der Waals surface area contributed by atoms with Crippen molar-refractivity contribution in [2.75, 3.05) is 6.54 Å². The van der Waals surface area contributed by atoms with Crippen molar-refractivity contribution in [3.05, 3.63) is 65.5 Å². The first kappa shape index (κ1) is 13.8. The van der Waals surface area contributed by atoms with Gasteiger partial charge in [-0.3, -0.25) is 9.78 Å². The van der Waals surface area contributed by atoms with Crippen LogP contribution in [0.2, 0.25) is 0 Å². The number of amides is 1. The maximum Gasteiger partial charge on any atom is 0.252 e. The molecule has 20 heavy (non-hydrogen) atoms. The van der Waals surface area contributed by atoms with Crippen LogP contribution in [0, 0.1) is 11.8 Å². The minimum Gasteiger partial charge on any atom is -0.348 e. The number of carbonyl (C=O) groups excluding carboxylic acids is 1. The van der Waals surface area contributed by atoms with Crippen molar-refractivity contribution < 1.29 is 4.79 Å². The van der Waals surface area contributed by atoms with Crippen molar-refractivity contribution in [3.8, 4) is 11.8 Å². The zero-order chi connectivity index (χ0) is 14.2. The van der Waals surface area contributed by atoms with Crippen LogP contribution in [0.15, 0.2) is 48.8 Å². The molecule has 4 nitrogen and oxygen atoms in total. The van der Waals surface area contributed by atoms with Crippen molar-refractivity contribution in [3.63, 3.8) is 0 Å².